The van der Waals surface area contributed by atoms with Crippen LogP contribution in [0.1, 0.15) is 39.6 Å². The van der Waals surface area contributed by atoms with Gasteiger partial charge < -0.3 is 9.84 Å². The topological polar surface area (TPSA) is 66.8 Å². The van der Waals surface area contributed by atoms with Crippen molar-refractivity contribution < 1.29 is 23.8 Å². The molecule has 0 saturated carbocycles. The van der Waals surface area contributed by atoms with Crippen LogP contribution >= 0.6 is 0 Å². The smallest absolute Gasteiger partial charge is 0.317 e. The van der Waals surface area contributed by atoms with Gasteiger partial charge in [0.2, 0.25) is 0 Å². The molecule has 6 heteroatoms. The summed E-state index contributed by atoms with van der Waals surface area (Å²) in [5, 5.41) is 8.96. The number of carbonyl (C=O) groups excluding carboxylic acids is 1. The van der Waals surface area contributed by atoms with Gasteiger partial charge in [-0.1, -0.05) is 35.9 Å². The summed E-state index contributed by atoms with van der Waals surface area (Å²) in [7, 11) is 1.72. The minimum Gasteiger partial charge on any atom is -0.486 e. The van der Waals surface area contributed by atoms with Crippen molar-refractivity contribution in [3.8, 4) is 5.75 Å². The lowest BCUT2D eigenvalue weighted by atomic mass is 10.0. The first-order valence-corrected chi connectivity index (χ1v) is 10.4. The Morgan fingerprint density at radius 2 is 1.69 bits per heavy atom. The molecular weight excluding hydrogens is 409 g/mol. The zero-order valence-corrected chi connectivity index (χ0v) is 18.1. The molecule has 0 radical (unpaired) electrons. The molecule has 0 aliphatic rings. The number of likely N-dealkylation sites (N-methyl/N-ethyl adjacent to an activating group) is 1. The minimum atomic E-state index is -0.902. The number of rotatable bonds is 10. The fourth-order valence-corrected chi connectivity index (χ4v) is 3.42. The van der Waals surface area contributed by atoms with Crippen LogP contribution in [0.3, 0.4) is 0 Å². The molecule has 0 aliphatic carbocycles. The predicted molar refractivity (Wildman–Crippen MR) is 121 cm³/mol. The predicted octanol–water partition coefficient (Wildman–Crippen LogP) is 4.89. The van der Waals surface area contributed by atoms with Crippen LogP contribution in [0, 0.1) is 12.7 Å². The molecule has 32 heavy (non-hydrogen) atoms. The summed E-state index contributed by atoms with van der Waals surface area (Å²) in [6, 6.07) is 20.4. The Kier molecular flexibility index (Phi) is 7.73. The van der Waals surface area contributed by atoms with E-state index in [2.05, 4.69) is 0 Å². The quantitative estimate of drug-likeness (QED) is 0.459. The number of carboxylic acids is 1. The monoisotopic (exact) mass is 435 g/mol. The number of carboxylic acid groups (broad SMARTS) is 1. The summed E-state index contributed by atoms with van der Waals surface area (Å²) in [6.07, 6.45) is 0.115. The van der Waals surface area contributed by atoms with Crippen LogP contribution in [-0.2, 0) is 4.79 Å². The first-order valence-electron chi connectivity index (χ1n) is 10.4. The molecule has 0 fully saturated rings. The van der Waals surface area contributed by atoms with Gasteiger partial charge in [-0.2, -0.15) is 0 Å². The molecule has 0 aliphatic heterocycles. The van der Waals surface area contributed by atoms with Crippen molar-refractivity contribution in [1.82, 2.24) is 4.90 Å². The van der Waals surface area contributed by atoms with Crippen LogP contribution < -0.4 is 4.74 Å². The second-order valence-electron chi connectivity index (χ2n) is 7.80. The molecule has 166 valence electrons. The highest BCUT2D eigenvalue weighted by atomic mass is 19.1. The molecule has 0 bridgehead atoms. The lowest BCUT2D eigenvalue weighted by Gasteiger charge is -2.22. The summed E-state index contributed by atoms with van der Waals surface area (Å²) >= 11 is 0. The van der Waals surface area contributed by atoms with Gasteiger partial charge >= 0.3 is 5.97 Å². The Morgan fingerprint density at radius 1 is 1.00 bits per heavy atom. The molecular formula is C26H26FNO4. The molecule has 1 N–H and O–H groups in total. The zero-order valence-electron chi connectivity index (χ0n) is 18.1. The number of ketones is 1. The summed E-state index contributed by atoms with van der Waals surface area (Å²) in [5.74, 6) is -0.734. The van der Waals surface area contributed by atoms with E-state index in [0.29, 0.717) is 29.8 Å². The molecule has 3 aromatic carbocycles. The number of carbonyl (C=O) groups is 2. The Balaban J connectivity index is 1.74. The summed E-state index contributed by atoms with van der Waals surface area (Å²) in [6.45, 7) is 2.35. The van der Waals surface area contributed by atoms with Crippen molar-refractivity contribution in [1.29, 1.82) is 0 Å². The average Bonchev–Trinajstić information content (AvgIpc) is 2.77. The van der Waals surface area contributed by atoms with Crippen molar-refractivity contribution >= 4 is 11.8 Å². The normalized spacial score (nSPS) is 11.9. The molecule has 1 unspecified atom stereocenters. The van der Waals surface area contributed by atoms with E-state index in [-0.39, 0.29) is 18.1 Å². The summed E-state index contributed by atoms with van der Waals surface area (Å²) in [5.41, 5.74) is 2.99. The zero-order chi connectivity index (χ0) is 23.1. The SMILES string of the molecule is Cc1cccc(C(=O)c2ccc(OC(CCN(C)CC(=O)O)c3ccc(F)cc3)cc2)c1. The average molecular weight is 435 g/mol. The third-order valence-corrected chi connectivity index (χ3v) is 5.10. The maximum absolute atomic E-state index is 13.4. The first-order chi connectivity index (χ1) is 15.3. The molecule has 5 nitrogen and oxygen atoms in total. The maximum Gasteiger partial charge on any atom is 0.317 e. The van der Waals surface area contributed by atoms with Gasteiger partial charge in [0.05, 0.1) is 6.54 Å². The van der Waals surface area contributed by atoms with Crippen LogP contribution in [0.15, 0.2) is 72.8 Å². The van der Waals surface area contributed by atoms with Gasteiger partial charge in [0, 0.05) is 24.1 Å². The second-order valence-corrected chi connectivity index (χ2v) is 7.80. The largest absolute Gasteiger partial charge is 0.486 e. The van der Waals surface area contributed by atoms with Gasteiger partial charge in [0.1, 0.15) is 17.7 Å². The van der Waals surface area contributed by atoms with Gasteiger partial charge in [-0.3, -0.25) is 14.5 Å². The summed E-state index contributed by atoms with van der Waals surface area (Å²) in [4.78, 5) is 25.3. The van der Waals surface area contributed by atoms with Gasteiger partial charge in [0.15, 0.2) is 5.78 Å². The van der Waals surface area contributed by atoms with E-state index in [1.807, 2.05) is 25.1 Å². The molecule has 3 rings (SSSR count). The van der Waals surface area contributed by atoms with E-state index in [0.717, 1.165) is 11.1 Å². The van der Waals surface area contributed by atoms with Crippen LogP contribution in [0.25, 0.3) is 0 Å². The third-order valence-electron chi connectivity index (χ3n) is 5.10. The van der Waals surface area contributed by atoms with Crippen LogP contribution in [0.5, 0.6) is 5.75 Å². The summed E-state index contributed by atoms with van der Waals surface area (Å²) < 4.78 is 19.5. The number of halogens is 1. The minimum absolute atomic E-state index is 0.0642. The second kappa shape index (κ2) is 10.7. The van der Waals surface area contributed by atoms with Crippen LogP contribution in [0.2, 0.25) is 0 Å². The van der Waals surface area contributed by atoms with Crippen molar-refractivity contribution in [3.05, 3.63) is 101 Å². The molecule has 0 amide bonds. The number of nitrogens with zero attached hydrogens (tertiary/aromatic N) is 1. The van der Waals surface area contributed by atoms with Crippen LogP contribution in [0.4, 0.5) is 4.39 Å². The number of hydrogen-bond acceptors (Lipinski definition) is 4. The van der Waals surface area contributed by atoms with E-state index in [1.165, 1.54) is 12.1 Å². The van der Waals surface area contributed by atoms with Gasteiger partial charge in [0.25, 0.3) is 0 Å². The van der Waals surface area contributed by atoms with Crippen molar-refractivity contribution in [3.63, 3.8) is 0 Å². The number of benzene rings is 3. The van der Waals surface area contributed by atoms with Crippen molar-refractivity contribution in [2.75, 3.05) is 20.1 Å². The Labute approximate surface area is 187 Å². The maximum atomic E-state index is 13.4. The van der Waals surface area contributed by atoms with E-state index in [4.69, 9.17) is 9.84 Å². The molecule has 0 heterocycles. The molecule has 0 saturated heterocycles. The Bertz CT molecular complexity index is 1060. The van der Waals surface area contributed by atoms with E-state index in [1.54, 1.807) is 54.4 Å². The van der Waals surface area contributed by atoms with E-state index < -0.39 is 12.1 Å². The van der Waals surface area contributed by atoms with Crippen molar-refractivity contribution in [2.45, 2.75) is 19.4 Å². The van der Waals surface area contributed by atoms with Gasteiger partial charge in [-0.25, -0.2) is 4.39 Å². The number of hydrogen-bond donors (Lipinski definition) is 1. The molecule has 1 atom stereocenters. The van der Waals surface area contributed by atoms with E-state index >= 15 is 0 Å². The van der Waals surface area contributed by atoms with Gasteiger partial charge in [-0.05, 0) is 62.0 Å². The van der Waals surface area contributed by atoms with Gasteiger partial charge in [-0.15, -0.1) is 0 Å². The van der Waals surface area contributed by atoms with Crippen molar-refractivity contribution in [2.24, 2.45) is 0 Å². The molecule has 0 aromatic heterocycles. The fraction of sp³-hybridized carbons (Fsp3) is 0.231. The highest BCUT2D eigenvalue weighted by molar-refractivity contribution is 6.09. The van der Waals surface area contributed by atoms with E-state index in [9.17, 15) is 14.0 Å². The molecule has 0 spiro atoms. The standard InChI is InChI=1S/C26H26FNO4/c1-18-4-3-5-21(16-18)26(31)20-8-12-23(13-9-20)32-24(14-15-28(2)17-25(29)30)19-6-10-22(27)11-7-19/h3-13,16,24H,14-15,17H2,1-2H3,(H,29,30). The first kappa shape index (κ1) is 23.2. The Hall–Kier alpha value is -3.51. The number of aliphatic carboxylic acids is 1. The molecule has 3 aromatic rings. The highest BCUT2D eigenvalue weighted by Crippen LogP contribution is 2.26. The fourth-order valence-electron chi connectivity index (χ4n) is 3.42. The third kappa shape index (κ3) is 6.49. The lowest BCUT2D eigenvalue weighted by Crippen LogP contribution is -2.28. The number of ether oxygens (including phenoxy) is 1. The number of aryl methyl sites for hydroxylation is 1. The highest BCUT2D eigenvalue weighted by Gasteiger charge is 2.17. The van der Waals surface area contributed by atoms with Crippen LogP contribution in [-0.4, -0.2) is 41.9 Å². The lowest BCUT2D eigenvalue weighted by molar-refractivity contribution is -0.138. The Morgan fingerprint density at radius 3 is 2.31 bits per heavy atom.